The summed E-state index contributed by atoms with van der Waals surface area (Å²) in [7, 11) is 0. The van der Waals surface area contributed by atoms with Gasteiger partial charge in [-0.15, -0.1) is 0 Å². The minimum absolute atomic E-state index is 0.00634. The summed E-state index contributed by atoms with van der Waals surface area (Å²) >= 11 is 0. The van der Waals surface area contributed by atoms with Crippen LogP contribution in [0.15, 0.2) is 0 Å². The zero-order valence-electron chi connectivity index (χ0n) is 7.38. The smallest absolute Gasteiger partial charge is 0.310 e. The van der Waals surface area contributed by atoms with Crippen LogP contribution in [0.25, 0.3) is 0 Å². The first-order valence-corrected chi connectivity index (χ1v) is 4.74. The van der Waals surface area contributed by atoms with Crippen molar-refractivity contribution in [2.75, 3.05) is 6.61 Å². The van der Waals surface area contributed by atoms with Crippen molar-refractivity contribution in [3.63, 3.8) is 0 Å². The molecule has 0 aromatic rings. The summed E-state index contributed by atoms with van der Waals surface area (Å²) < 4.78 is 5.00. The molecule has 3 aliphatic rings. The number of piperidine rings is 1. The second kappa shape index (κ2) is 3.05. The van der Waals surface area contributed by atoms with E-state index in [0.717, 1.165) is 12.8 Å². The third-order valence-electron chi connectivity index (χ3n) is 2.89. The first-order chi connectivity index (χ1) is 5.81. The molecule has 0 aromatic carbocycles. The second-order valence-electron chi connectivity index (χ2n) is 3.64. The third kappa shape index (κ3) is 1.22. The molecule has 0 spiro atoms. The van der Waals surface area contributed by atoms with Crippen molar-refractivity contribution in [3.8, 4) is 0 Å². The Bertz CT molecular complexity index is 184. The Kier molecular flexibility index (Phi) is 2.05. The zero-order valence-corrected chi connectivity index (χ0v) is 7.38. The summed E-state index contributed by atoms with van der Waals surface area (Å²) in [4.78, 5) is 11.4. The van der Waals surface area contributed by atoms with Gasteiger partial charge in [0.2, 0.25) is 0 Å². The lowest BCUT2D eigenvalue weighted by atomic mass is 9.75. The van der Waals surface area contributed by atoms with Gasteiger partial charge in [-0.25, -0.2) is 0 Å². The van der Waals surface area contributed by atoms with Crippen LogP contribution >= 0.6 is 0 Å². The number of esters is 1. The molecule has 1 saturated carbocycles. The van der Waals surface area contributed by atoms with Crippen LogP contribution in [0.3, 0.4) is 0 Å². The molecule has 0 aromatic heterocycles. The van der Waals surface area contributed by atoms with E-state index in [-0.39, 0.29) is 11.9 Å². The number of rotatable bonds is 2. The van der Waals surface area contributed by atoms with E-state index < -0.39 is 0 Å². The molecule has 0 amide bonds. The first kappa shape index (κ1) is 8.05. The van der Waals surface area contributed by atoms with Crippen molar-refractivity contribution in [3.05, 3.63) is 0 Å². The fraction of sp³-hybridized carbons (Fsp3) is 0.889. The minimum Gasteiger partial charge on any atom is -0.466 e. The molecular formula is C9H15NO2. The predicted molar refractivity (Wildman–Crippen MR) is 44.7 cm³/mol. The summed E-state index contributed by atoms with van der Waals surface area (Å²) in [6.07, 6.45) is 3.32. The molecule has 2 aliphatic heterocycles. The predicted octanol–water partition coefficient (Wildman–Crippen LogP) is 0.690. The van der Waals surface area contributed by atoms with Crippen LogP contribution < -0.4 is 5.32 Å². The fourth-order valence-corrected chi connectivity index (χ4v) is 2.18. The maximum Gasteiger partial charge on any atom is 0.310 e. The van der Waals surface area contributed by atoms with Gasteiger partial charge in [0.15, 0.2) is 0 Å². The lowest BCUT2D eigenvalue weighted by Gasteiger charge is -2.46. The van der Waals surface area contributed by atoms with Gasteiger partial charge >= 0.3 is 5.97 Å². The van der Waals surface area contributed by atoms with Crippen LogP contribution in [0.1, 0.15) is 26.2 Å². The van der Waals surface area contributed by atoms with Crippen LogP contribution in [0.2, 0.25) is 0 Å². The molecule has 2 saturated heterocycles. The van der Waals surface area contributed by atoms with E-state index >= 15 is 0 Å². The van der Waals surface area contributed by atoms with Gasteiger partial charge in [-0.1, -0.05) is 0 Å². The maximum absolute atomic E-state index is 11.4. The molecule has 68 valence electrons. The number of ether oxygens (including phenoxy) is 1. The highest BCUT2D eigenvalue weighted by Gasteiger charge is 2.43. The van der Waals surface area contributed by atoms with Gasteiger partial charge in [0, 0.05) is 12.1 Å². The molecule has 3 fully saturated rings. The van der Waals surface area contributed by atoms with Crippen LogP contribution in [0.4, 0.5) is 0 Å². The summed E-state index contributed by atoms with van der Waals surface area (Å²) in [6, 6.07) is 1.11. The van der Waals surface area contributed by atoms with Crippen molar-refractivity contribution in [2.45, 2.75) is 38.3 Å². The second-order valence-corrected chi connectivity index (χ2v) is 3.64. The Morgan fingerprint density at radius 3 is 2.83 bits per heavy atom. The SMILES string of the molecule is CCOC(=O)[C@@H]1CC[C@@H]2C[C@H]1N2. The number of carbonyl (C=O) groups excluding carboxylic acids is 1. The van der Waals surface area contributed by atoms with E-state index in [0.29, 0.717) is 18.7 Å². The Morgan fingerprint density at radius 2 is 2.33 bits per heavy atom. The van der Waals surface area contributed by atoms with Crippen molar-refractivity contribution in [1.29, 1.82) is 0 Å². The molecule has 1 N–H and O–H groups in total. The lowest BCUT2D eigenvalue weighted by Crippen LogP contribution is -2.61. The first-order valence-electron chi connectivity index (χ1n) is 4.74. The Labute approximate surface area is 72.5 Å². The van der Waals surface area contributed by atoms with Crippen molar-refractivity contribution < 1.29 is 9.53 Å². The van der Waals surface area contributed by atoms with Gasteiger partial charge in [-0.3, -0.25) is 4.79 Å². The topological polar surface area (TPSA) is 38.3 Å². The van der Waals surface area contributed by atoms with Crippen molar-refractivity contribution in [1.82, 2.24) is 5.32 Å². The van der Waals surface area contributed by atoms with E-state index in [9.17, 15) is 4.79 Å². The molecule has 3 nitrogen and oxygen atoms in total. The highest BCUT2D eigenvalue weighted by Crippen LogP contribution is 2.33. The van der Waals surface area contributed by atoms with Crippen LogP contribution in [-0.2, 0) is 9.53 Å². The number of carbonyl (C=O) groups is 1. The molecule has 3 rings (SSSR count). The zero-order chi connectivity index (χ0) is 8.55. The molecule has 2 heterocycles. The highest BCUT2D eigenvalue weighted by molar-refractivity contribution is 5.73. The number of nitrogens with one attached hydrogen (secondary N) is 1. The quantitative estimate of drug-likeness (QED) is 0.618. The van der Waals surface area contributed by atoms with Gasteiger partial charge < -0.3 is 10.1 Å². The standard InChI is InChI=1S/C9H15NO2/c1-2-12-9(11)7-4-3-6-5-8(7)10-6/h6-8,10H,2-5H2,1H3/t6-,7-,8-/m1/s1. The number of fused-ring (bicyclic) bond motifs is 2. The summed E-state index contributed by atoms with van der Waals surface area (Å²) in [5.74, 6) is 0.128. The Balaban J connectivity index is 1.89. The number of hydrogen-bond acceptors (Lipinski definition) is 3. The normalized spacial score (nSPS) is 38.6. The average Bonchev–Trinajstić information content (AvgIpc) is 2.03. The molecule has 3 atom stereocenters. The third-order valence-corrected chi connectivity index (χ3v) is 2.89. The van der Waals surface area contributed by atoms with Gasteiger partial charge in [0.1, 0.15) is 0 Å². The van der Waals surface area contributed by atoms with Crippen LogP contribution in [-0.4, -0.2) is 24.7 Å². The van der Waals surface area contributed by atoms with Gasteiger partial charge in [0.25, 0.3) is 0 Å². The highest BCUT2D eigenvalue weighted by atomic mass is 16.5. The van der Waals surface area contributed by atoms with Crippen LogP contribution in [0, 0.1) is 5.92 Å². The molecule has 2 bridgehead atoms. The summed E-state index contributed by atoms with van der Waals surface area (Å²) in [5, 5.41) is 3.37. The van der Waals surface area contributed by atoms with Gasteiger partial charge in [-0.2, -0.15) is 0 Å². The van der Waals surface area contributed by atoms with E-state index in [1.165, 1.54) is 6.42 Å². The monoisotopic (exact) mass is 169 g/mol. The maximum atomic E-state index is 11.4. The molecule has 0 radical (unpaired) electrons. The lowest BCUT2D eigenvalue weighted by molar-refractivity contribution is -0.152. The fourth-order valence-electron chi connectivity index (χ4n) is 2.18. The van der Waals surface area contributed by atoms with Crippen LogP contribution in [0.5, 0.6) is 0 Å². The summed E-state index contributed by atoms with van der Waals surface area (Å²) in [5.41, 5.74) is 0. The molecule has 12 heavy (non-hydrogen) atoms. The number of hydrogen-bond donors (Lipinski definition) is 1. The molecule has 1 aliphatic carbocycles. The molecule has 3 heteroatoms. The Hall–Kier alpha value is -0.570. The van der Waals surface area contributed by atoms with Crippen molar-refractivity contribution in [2.24, 2.45) is 5.92 Å². The summed E-state index contributed by atoms with van der Waals surface area (Å²) in [6.45, 7) is 2.36. The van der Waals surface area contributed by atoms with Crippen molar-refractivity contribution >= 4 is 5.97 Å². The minimum atomic E-state index is -0.00634. The van der Waals surface area contributed by atoms with Gasteiger partial charge in [0.05, 0.1) is 12.5 Å². The van der Waals surface area contributed by atoms with E-state index in [1.54, 1.807) is 0 Å². The average molecular weight is 169 g/mol. The van der Waals surface area contributed by atoms with E-state index in [4.69, 9.17) is 4.74 Å². The Morgan fingerprint density at radius 1 is 1.58 bits per heavy atom. The van der Waals surface area contributed by atoms with E-state index in [2.05, 4.69) is 5.32 Å². The molecular weight excluding hydrogens is 154 g/mol. The van der Waals surface area contributed by atoms with Gasteiger partial charge in [-0.05, 0) is 26.2 Å². The van der Waals surface area contributed by atoms with E-state index in [1.807, 2.05) is 6.92 Å². The molecule has 0 unspecified atom stereocenters. The largest absolute Gasteiger partial charge is 0.466 e.